The Morgan fingerprint density at radius 2 is 2.12 bits per heavy atom. The summed E-state index contributed by atoms with van der Waals surface area (Å²) >= 11 is 0. The molecule has 0 aromatic carbocycles. The smallest absolute Gasteiger partial charge is 0.226 e. The average molecular weight is 354 g/mol. The number of nitrogens with one attached hydrogen (secondary N) is 1. The average Bonchev–Trinajstić information content (AvgIpc) is 3.22. The van der Waals surface area contributed by atoms with Crippen molar-refractivity contribution in [1.82, 2.24) is 20.0 Å². The molecule has 1 saturated heterocycles. The van der Waals surface area contributed by atoms with Gasteiger partial charge in [-0.3, -0.25) is 14.3 Å². The van der Waals surface area contributed by atoms with Crippen LogP contribution in [0.4, 0.5) is 0 Å². The number of aromatic nitrogens is 2. The van der Waals surface area contributed by atoms with Crippen molar-refractivity contribution in [2.75, 3.05) is 13.1 Å². The summed E-state index contributed by atoms with van der Waals surface area (Å²) in [5.41, 5.74) is 1.18. The van der Waals surface area contributed by atoms with Gasteiger partial charge in [-0.05, 0) is 36.7 Å². The van der Waals surface area contributed by atoms with Crippen molar-refractivity contribution in [2.24, 2.45) is 30.7 Å². The Kier molecular flexibility index (Phi) is 3.69. The minimum atomic E-state index is 0.138. The number of amides is 2. The number of allylic oxidation sites excluding steroid dienone is 2. The molecule has 6 atom stereocenters. The van der Waals surface area contributed by atoms with Gasteiger partial charge in [-0.2, -0.15) is 5.10 Å². The first kappa shape index (κ1) is 16.1. The summed E-state index contributed by atoms with van der Waals surface area (Å²) in [7, 11) is 1.91. The Labute approximate surface area is 153 Å². The summed E-state index contributed by atoms with van der Waals surface area (Å²) < 4.78 is 1.80. The molecule has 3 fully saturated rings. The van der Waals surface area contributed by atoms with E-state index in [1.165, 1.54) is 5.56 Å². The van der Waals surface area contributed by atoms with Crippen molar-refractivity contribution in [3.05, 3.63) is 30.1 Å². The standard InChI is InChI=1S/C20H26N4O2/c1-23-9-13(8-21-23)14-7-15(14)20(26)24-10-16-17(11-24)19(16)22-18(25)6-12-4-2-3-5-12/h2,4,8-9,12,14-17,19H,3,5-7,10-11H2,1H3,(H,22,25)/t12?,14-,15+,16-,17+,19?/m0/s1. The zero-order valence-corrected chi connectivity index (χ0v) is 15.2. The molecule has 138 valence electrons. The first-order valence-corrected chi connectivity index (χ1v) is 9.83. The molecule has 1 aliphatic heterocycles. The maximum atomic E-state index is 12.7. The van der Waals surface area contributed by atoms with Crippen molar-refractivity contribution in [3.8, 4) is 0 Å². The van der Waals surface area contributed by atoms with Gasteiger partial charge in [0, 0.05) is 56.6 Å². The third-order valence-corrected chi connectivity index (χ3v) is 6.65. The predicted molar refractivity (Wildman–Crippen MR) is 96.0 cm³/mol. The molecule has 1 aromatic heterocycles. The maximum Gasteiger partial charge on any atom is 0.226 e. The molecule has 6 nitrogen and oxygen atoms in total. The molecule has 6 heteroatoms. The van der Waals surface area contributed by atoms with Gasteiger partial charge in [0.1, 0.15) is 0 Å². The minimum absolute atomic E-state index is 0.138. The molecule has 1 aromatic rings. The Morgan fingerprint density at radius 3 is 2.77 bits per heavy atom. The van der Waals surface area contributed by atoms with Crippen LogP contribution in [0.15, 0.2) is 24.5 Å². The third kappa shape index (κ3) is 2.85. The molecular formula is C20H26N4O2. The molecule has 5 rings (SSSR count). The van der Waals surface area contributed by atoms with Crippen molar-refractivity contribution < 1.29 is 9.59 Å². The van der Waals surface area contributed by atoms with Gasteiger partial charge < -0.3 is 10.2 Å². The fourth-order valence-corrected chi connectivity index (χ4v) is 4.97. The van der Waals surface area contributed by atoms with E-state index in [0.29, 0.717) is 42.0 Å². The van der Waals surface area contributed by atoms with E-state index in [9.17, 15) is 9.59 Å². The van der Waals surface area contributed by atoms with Gasteiger partial charge in [-0.15, -0.1) is 0 Å². The number of nitrogens with zero attached hydrogens (tertiary/aromatic N) is 3. The topological polar surface area (TPSA) is 67.2 Å². The lowest BCUT2D eigenvalue weighted by atomic mass is 10.1. The van der Waals surface area contributed by atoms with Gasteiger partial charge in [0.25, 0.3) is 0 Å². The van der Waals surface area contributed by atoms with Gasteiger partial charge in [0.05, 0.1) is 6.20 Å². The normalized spacial score (nSPS) is 36.9. The van der Waals surface area contributed by atoms with Crippen LogP contribution in [0.5, 0.6) is 0 Å². The number of hydrogen-bond donors (Lipinski definition) is 1. The highest BCUT2D eigenvalue weighted by molar-refractivity contribution is 5.83. The van der Waals surface area contributed by atoms with Crippen LogP contribution in [0.1, 0.15) is 37.2 Å². The van der Waals surface area contributed by atoms with Crippen LogP contribution in [0.25, 0.3) is 0 Å². The van der Waals surface area contributed by atoms with Crippen LogP contribution in [-0.4, -0.2) is 45.6 Å². The zero-order chi connectivity index (χ0) is 17.8. The predicted octanol–water partition coefficient (Wildman–Crippen LogP) is 1.45. The van der Waals surface area contributed by atoms with Crippen molar-refractivity contribution in [3.63, 3.8) is 0 Å². The SMILES string of the molecule is Cn1cc([C@@H]2C[C@H]2C(=O)N2C[C@@H]3C(NC(=O)CC4C=CCC4)[C@@H]3C2)cn1. The summed E-state index contributed by atoms with van der Waals surface area (Å²) in [6, 6.07) is 0.297. The van der Waals surface area contributed by atoms with Gasteiger partial charge in [-0.25, -0.2) is 0 Å². The Morgan fingerprint density at radius 1 is 1.31 bits per heavy atom. The van der Waals surface area contributed by atoms with Crippen LogP contribution in [0.3, 0.4) is 0 Å². The van der Waals surface area contributed by atoms with E-state index in [0.717, 1.165) is 32.4 Å². The second-order valence-electron chi connectivity index (χ2n) is 8.53. The molecule has 2 unspecified atom stereocenters. The second-order valence-corrected chi connectivity index (χ2v) is 8.53. The highest BCUT2D eigenvalue weighted by atomic mass is 16.2. The molecule has 2 heterocycles. The number of carbonyl (C=O) groups excluding carboxylic acids is 2. The summed E-state index contributed by atoms with van der Waals surface area (Å²) in [5, 5.41) is 7.41. The van der Waals surface area contributed by atoms with E-state index in [2.05, 4.69) is 22.6 Å². The fourth-order valence-electron chi connectivity index (χ4n) is 4.97. The molecule has 0 bridgehead atoms. The molecule has 1 N–H and O–H groups in total. The van der Waals surface area contributed by atoms with Crippen molar-refractivity contribution in [1.29, 1.82) is 0 Å². The number of fused-ring (bicyclic) bond motifs is 1. The molecule has 26 heavy (non-hydrogen) atoms. The minimum Gasteiger partial charge on any atom is -0.353 e. The number of aryl methyl sites for hydroxylation is 1. The molecule has 0 radical (unpaired) electrons. The highest BCUT2D eigenvalue weighted by Crippen LogP contribution is 2.51. The number of carbonyl (C=O) groups is 2. The van der Waals surface area contributed by atoms with E-state index >= 15 is 0 Å². The van der Waals surface area contributed by atoms with Crippen LogP contribution < -0.4 is 5.32 Å². The van der Waals surface area contributed by atoms with Gasteiger partial charge in [0.2, 0.25) is 11.8 Å². The number of piperidine rings is 1. The highest BCUT2D eigenvalue weighted by Gasteiger charge is 2.59. The van der Waals surface area contributed by atoms with Gasteiger partial charge in [0.15, 0.2) is 0 Å². The summed E-state index contributed by atoms with van der Waals surface area (Å²) in [6.45, 7) is 1.63. The van der Waals surface area contributed by atoms with Gasteiger partial charge >= 0.3 is 0 Å². The summed E-state index contributed by atoms with van der Waals surface area (Å²) in [6.07, 6.45) is 12.0. The van der Waals surface area contributed by atoms with E-state index in [-0.39, 0.29) is 11.8 Å². The zero-order valence-electron chi connectivity index (χ0n) is 15.2. The van der Waals surface area contributed by atoms with E-state index in [1.54, 1.807) is 4.68 Å². The third-order valence-electron chi connectivity index (χ3n) is 6.65. The Hall–Kier alpha value is -2.11. The number of rotatable bonds is 5. The molecule has 4 aliphatic rings. The lowest BCUT2D eigenvalue weighted by Crippen LogP contribution is -2.38. The molecule has 2 saturated carbocycles. The van der Waals surface area contributed by atoms with Crippen molar-refractivity contribution in [2.45, 2.75) is 37.6 Å². The van der Waals surface area contributed by atoms with E-state index in [4.69, 9.17) is 0 Å². The summed E-state index contributed by atoms with van der Waals surface area (Å²) in [5.74, 6) is 2.33. The lowest BCUT2D eigenvalue weighted by molar-refractivity contribution is -0.132. The number of hydrogen-bond acceptors (Lipinski definition) is 3. The Bertz CT molecular complexity index is 758. The first-order valence-electron chi connectivity index (χ1n) is 9.83. The number of likely N-dealkylation sites (tertiary alicyclic amines) is 1. The monoisotopic (exact) mass is 354 g/mol. The van der Waals surface area contributed by atoms with Crippen LogP contribution >= 0.6 is 0 Å². The maximum absolute atomic E-state index is 12.7. The van der Waals surface area contributed by atoms with Gasteiger partial charge in [-0.1, -0.05) is 12.2 Å². The Balaban J connectivity index is 1.08. The van der Waals surface area contributed by atoms with E-state index < -0.39 is 0 Å². The molecule has 2 amide bonds. The second kappa shape index (κ2) is 5.96. The summed E-state index contributed by atoms with van der Waals surface area (Å²) in [4.78, 5) is 26.9. The molecular weight excluding hydrogens is 328 g/mol. The first-order chi connectivity index (χ1) is 12.6. The quantitative estimate of drug-likeness (QED) is 0.814. The fraction of sp³-hybridized carbons (Fsp3) is 0.650. The lowest BCUT2D eigenvalue weighted by Gasteiger charge is -2.20. The van der Waals surface area contributed by atoms with Crippen LogP contribution in [0.2, 0.25) is 0 Å². The van der Waals surface area contributed by atoms with Crippen molar-refractivity contribution >= 4 is 11.8 Å². The molecule has 3 aliphatic carbocycles. The van der Waals surface area contributed by atoms with Crippen LogP contribution in [0, 0.1) is 23.7 Å². The molecule has 0 spiro atoms. The largest absolute Gasteiger partial charge is 0.353 e. The van der Waals surface area contributed by atoms with Crippen LogP contribution in [-0.2, 0) is 16.6 Å². The van der Waals surface area contributed by atoms with E-state index in [1.807, 2.05) is 24.3 Å².